The number of methoxy groups -OCH3 is 1. The molecule has 3 aromatic rings. The molecule has 0 aliphatic rings. The zero-order valence-electron chi connectivity index (χ0n) is 15.8. The molecule has 0 radical (unpaired) electrons. The maximum absolute atomic E-state index is 12.0. The Bertz CT molecular complexity index is 890. The van der Waals surface area contributed by atoms with Gasteiger partial charge < -0.3 is 14.6 Å². The normalized spacial score (nSPS) is 11.0. The van der Waals surface area contributed by atoms with E-state index in [0.29, 0.717) is 18.9 Å². The number of rotatable bonds is 9. The second-order valence-corrected chi connectivity index (χ2v) is 7.43. The summed E-state index contributed by atoms with van der Waals surface area (Å²) in [5, 5.41) is 4.88. The summed E-state index contributed by atoms with van der Waals surface area (Å²) in [4.78, 5) is 16.5. The van der Waals surface area contributed by atoms with Gasteiger partial charge in [-0.3, -0.25) is 4.79 Å². The number of fused-ring (bicyclic) bond motifs is 1. The van der Waals surface area contributed by atoms with Gasteiger partial charge in [0.15, 0.2) is 0 Å². The van der Waals surface area contributed by atoms with Crippen molar-refractivity contribution < 1.29 is 9.53 Å². The molecule has 0 fully saturated rings. The Morgan fingerprint density at radius 1 is 1.22 bits per heavy atom. The van der Waals surface area contributed by atoms with Crippen LogP contribution in [0.3, 0.4) is 0 Å². The molecule has 0 atom stereocenters. The van der Waals surface area contributed by atoms with Crippen LogP contribution in [0, 0.1) is 6.92 Å². The summed E-state index contributed by atoms with van der Waals surface area (Å²) in [7, 11) is 1.66. The summed E-state index contributed by atoms with van der Waals surface area (Å²) in [6.45, 7) is 4.20. The molecular weight excluding hydrogens is 358 g/mol. The van der Waals surface area contributed by atoms with Gasteiger partial charge in [-0.15, -0.1) is 0 Å². The van der Waals surface area contributed by atoms with Crippen LogP contribution in [0.4, 0.5) is 0 Å². The molecular formula is C21H25N3O2S. The molecule has 0 saturated carbocycles. The highest BCUT2D eigenvalue weighted by Crippen LogP contribution is 2.27. The molecule has 27 heavy (non-hydrogen) atoms. The van der Waals surface area contributed by atoms with Gasteiger partial charge in [-0.05, 0) is 31.0 Å². The quantitative estimate of drug-likeness (QED) is 0.453. The van der Waals surface area contributed by atoms with Gasteiger partial charge in [0, 0.05) is 44.6 Å². The molecule has 0 spiro atoms. The predicted octanol–water partition coefficient (Wildman–Crippen LogP) is 3.64. The first-order valence-corrected chi connectivity index (χ1v) is 10.0. The minimum absolute atomic E-state index is 0.0222. The topological polar surface area (TPSA) is 56.1 Å². The average molecular weight is 384 g/mol. The van der Waals surface area contributed by atoms with Crippen molar-refractivity contribution in [2.75, 3.05) is 26.0 Å². The van der Waals surface area contributed by atoms with Crippen LogP contribution in [0.2, 0.25) is 0 Å². The number of hydrogen-bond donors (Lipinski definition) is 1. The number of amides is 1. The van der Waals surface area contributed by atoms with Gasteiger partial charge in [-0.1, -0.05) is 41.6 Å². The van der Waals surface area contributed by atoms with Gasteiger partial charge in [0.25, 0.3) is 0 Å². The number of thioether (sulfide) groups is 1. The van der Waals surface area contributed by atoms with Crippen molar-refractivity contribution in [2.45, 2.75) is 24.9 Å². The van der Waals surface area contributed by atoms with E-state index in [-0.39, 0.29) is 5.91 Å². The van der Waals surface area contributed by atoms with Crippen LogP contribution in [0.1, 0.15) is 17.5 Å². The first-order chi connectivity index (χ1) is 13.2. The summed E-state index contributed by atoms with van der Waals surface area (Å²) >= 11 is 1.48. The molecule has 2 heterocycles. The average Bonchev–Trinajstić information content (AvgIpc) is 3.09. The molecule has 0 saturated heterocycles. The molecule has 1 N–H and O–H groups in total. The fraction of sp³-hybridized carbons (Fsp3) is 0.333. The summed E-state index contributed by atoms with van der Waals surface area (Å²) in [5.74, 6) is 0.386. The van der Waals surface area contributed by atoms with Crippen LogP contribution in [0.25, 0.3) is 10.9 Å². The predicted molar refractivity (Wildman–Crippen MR) is 110 cm³/mol. The Balaban J connectivity index is 1.64. The molecule has 142 valence electrons. The van der Waals surface area contributed by atoms with Crippen LogP contribution < -0.4 is 5.32 Å². The number of carbonyl (C=O) groups is 1. The monoisotopic (exact) mass is 383 g/mol. The van der Waals surface area contributed by atoms with Gasteiger partial charge >= 0.3 is 0 Å². The SMILES string of the molecule is COCCCNC(=O)CSc1nccc2c1ccn2Cc1ccc(C)cc1. The molecule has 5 nitrogen and oxygen atoms in total. The third-order valence-electron chi connectivity index (χ3n) is 4.32. The summed E-state index contributed by atoms with van der Waals surface area (Å²) in [6, 6.07) is 12.7. The van der Waals surface area contributed by atoms with E-state index in [4.69, 9.17) is 4.74 Å². The number of ether oxygens (including phenoxy) is 1. The van der Waals surface area contributed by atoms with E-state index in [1.807, 2.05) is 12.3 Å². The molecule has 0 bridgehead atoms. The molecule has 1 aromatic carbocycles. The fourth-order valence-corrected chi connectivity index (χ4v) is 3.70. The van der Waals surface area contributed by atoms with E-state index in [0.717, 1.165) is 28.9 Å². The number of aromatic nitrogens is 2. The first kappa shape index (κ1) is 19.5. The maximum Gasteiger partial charge on any atom is 0.230 e. The molecule has 3 rings (SSSR count). The lowest BCUT2D eigenvalue weighted by Gasteiger charge is -2.08. The highest BCUT2D eigenvalue weighted by molar-refractivity contribution is 8.00. The Morgan fingerprint density at radius 2 is 2.04 bits per heavy atom. The van der Waals surface area contributed by atoms with E-state index in [2.05, 4.69) is 58.3 Å². The molecule has 2 aromatic heterocycles. The minimum atomic E-state index is 0.0222. The van der Waals surface area contributed by atoms with E-state index in [1.54, 1.807) is 7.11 Å². The third kappa shape index (κ3) is 5.34. The number of nitrogens with zero attached hydrogens (tertiary/aromatic N) is 2. The Kier molecular flexibility index (Phi) is 6.90. The molecule has 1 amide bonds. The molecule has 0 aliphatic heterocycles. The van der Waals surface area contributed by atoms with Crippen molar-refractivity contribution in [1.29, 1.82) is 0 Å². The lowest BCUT2D eigenvalue weighted by molar-refractivity contribution is -0.118. The number of pyridine rings is 1. The standard InChI is InChI=1S/C21H25N3O2S/c1-16-4-6-17(7-5-16)14-24-12-9-18-19(24)8-11-23-21(18)27-15-20(25)22-10-3-13-26-2/h4-9,11-12H,3,10,13-15H2,1-2H3,(H,22,25). The number of hydrogen-bond acceptors (Lipinski definition) is 4. The van der Waals surface area contributed by atoms with Gasteiger partial charge in [-0.2, -0.15) is 0 Å². The Labute approximate surface area is 164 Å². The van der Waals surface area contributed by atoms with Crippen molar-refractivity contribution in [2.24, 2.45) is 0 Å². The van der Waals surface area contributed by atoms with Gasteiger partial charge in [0.05, 0.1) is 11.3 Å². The smallest absolute Gasteiger partial charge is 0.230 e. The number of nitrogens with one attached hydrogen (secondary N) is 1. The van der Waals surface area contributed by atoms with Crippen LogP contribution in [0.5, 0.6) is 0 Å². The highest BCUT2D eigenvalue weighted by atomic mass is 32.2. The van der Waals surface area contributed by atoms with E-state index in [1.165, 1.54) is 22.9 Å². The van der Waals surface area contributed by atoms with Gasteiger partial charge in [-0.25, -0.2) is 4.98 Å². The largest absolute Gasteiger partial charge is 0.385 e. The number of benzene rings is 1. The lowest BCUT2D eigenvalue weighted by atomic mass is 10.1. The Morgan fingerprint density at radius 3 is 2.81 bits per heavy atom. The van der Waals surface area contributed by atoms with Crippen molar-refractivity contribution in [3.05, 3.63) is 59.9 Å². The molecule has 0 aliphatic carbocycles. The van der Waals surface area contributed by atoms with Crippen LogP contribution >= 0.6 is 11.8 Å². The van der Waals surface area contributed by atoms with Gasteiger partial charge in [0.1, 0.15) is 5.03 Å². The van der Waals surface area contributed by atoms with Crippen LogP contribution in [0.15, 0.2) is 53.8 Å². The second-order valence-electron chi connectivity index (χ2n) is 6.46. The van der Waals surface area contributed by atoms with Crippen molar-refractivity contribution >= 4 is 28.6 Å². The van der Waals surface area contributed by atoms with E-state index >= 15 is 0 Å². The highest BCUT2D eigenvalue weighted by Gasteiger charge is 2.10. The number of carbonyl (C=O) groups excluding carboxylic acids is 1. The van der Waals surface area contributed by atoms with Crippen molar-refractivity contribution in [3.8, 4) is 0 Å². The third-order valence-corrected chi connectivity index (χ3v) is 5.33. The van der Waals surface area contributed by atoms with Crippen molar-refractivity contribution in [1.82, 2.24) is 14.9 Å². The maximum atomic E-state index is 12.0. The second kappa shape index (κ2) is 9.58. The van der Waals surface area contributed by atoms with Crippen LogP contribution in [-0.4, -0.2) is 41.5 Å². The van der Waals surface area contributed by atoms with E-state index < -0.39 is 0 Å². The zero-order chi connectivity index (χ0) is 19.1. The zero-order valence-corrected chi connectivity index (χ0v) is 16.6. The van der Waals surface area contributed by atoms with E-state index in [9.17, 15) is 4.79 Å². The summed E-state index contributed by atoms with van der Waals surface area (Å²) in [6.07, 6.45) is 4.72. The minimum Gasteiger partial charge on any atom is -0.385 e. The summed E-state index contributed by atoms with van der Waals surface area (Å²) < 4.78 is 7.20. The van der Waals surface area contributed by atoms with Crippen molar-refractivity contribution in [3.63, 3.8) is 0 Å². The van der Waals surface area contributed by atoms with Gasteiger partial charge in [0.2, 0.25) is 5.91 Å². The molecule has 6 heteroatoms. The Hall–Kier alpha value is -2.31. The summed E-state index contributed by atoms with van der Waals surface area (Å²) in [5.41, 5.74) is 3.66. The fourth-order valence-electron chi connectivity index (χ4n) is 2.87. The first-order valence-electron chi connectivity index (χ1n) is 9.05. The molecule has 0 unspecified atom stereocenters. The lowest BCUT2D eigenvalue weighted by Crippen LogP contribution is -2.26. The van der Waals surface area contributed by atoms with Crippen LogP contribution in [-0.2, 0) is 16.1 Å². The number of aryl methyl sites for hydroxylation is 1.